The lowest BCUT2D eigenvalue weighted by Gasteiger charge is -2.18. The average Bonchev–Trinajstić information content (AvgIpc) is 2.58. The van der Waals surface area contributed by atoms with Crippen molar-refractivity contribution >= 4 is 17.6 Å². The number of hydrogen-bond donors (Lipinski definition) is 4. The molecule has 0 aliphatic carbocycles. The number of aliphatic hydroxyl groups is 1. The van der Waals surface area contributed by atoms with Crippen molar-refractivity contribution in [2.75, 3.05) is 31.6 Å². The molecule has 0 saturated carbocycles. The van der Waals surface area contributed by atoms with Crippen molar-refractivity contribution in [2.45, 2.75) is 33.1 Å². The summed E-state index contributed by atoms with van der Waals surface area (Å²) in [5.74, 6) is 0.876. The minimum atomic E-state index is -0.154. The predicted molar refractivity (Wildman–Crippen MR) is 99.2 cm³/mol. The van der Waals surface area contributed by atoms with Gasteiger partial charge in [-0.25, -0.2) is 4.99 Å². The molecule has 134 valence electrons. The van der Waals surface area contributed by atoms with E-state index in [4.69, 9.17) is 5.11 Å². The lowest BCUT2D eigenvalue weighted by Crippen LogP contribution is -2.40. The van der Waals surface area contributed by atoms with Gasteiger partial charge in [-0.05, 0) is 37.8 Å². The first-order valence-electron chi connectivity index (χ1n) is 8.67. The van der Waals surface area contributed by atoms with Gasteiger partial charge in [-0.3, -0.25) is 4.79 Å². The summed E-state index contributed by atoms with van der Waals surface area (Å²) in [4.78, 5) is 16.3. The van der Waals surface area contributed by atoms with Crippen LogP contribution in [0.5, 0.6) is 0 Å². The molecule has 0 bridgehead atoms. The van der Waals surface area contributed by atoms with Gasteiger partial charge in [0.2, 0.25) is 5.91 Å². The van der Waals surface area contributed by atoms with Gasteiger partial charge in [0.25, 0.3) is 0 Å². The van der Waals surface area contributed by atoms with Crippen molar-refractivity contribution in [3.63, 3.8) is 0 Å². The number of nitrogens with one attached hydrogen (secondary N) is 3. The molecular formula is C18H30N4O2. The van der Waals surface area contributed by atoms with Gasteiger partial charge in [0.1, 0.15) is 6.54 Å². The largest absolute Gasteiger partial charge is 0.396 e. The summed E-state index contributed by atoms with van der Waals surface area (Å²) in [6.45, 7) is 5.84. The van der Waals surface area contributed by atoms with Crippen LogP contribution in [0.1, 0.15) is 33.1 Å². The molecule has 4 N–H and O–H groups in total. The number of amides is 1. The van der Waals surface area contributed by atoms with Gasteiger partial charge in [0.05, 0.1) is 0 Å². The second kappa shape index (κ2) is 12.4. The number of nitrogens with zero attached hydrogens (tertiary/aromatic N) is 1. The Morgan fingerprint density at radius 1 is 1.17 bits per heavy atom. The standard InChI is InChI=1S/C18H30N4O2/c1-3-8-15(11-12-23)13-20-18(19-4-2)21-14-17(24)22-16-9-6-5-7-10-16/h5-7,9-10,15,23H,3-4,8,11-14H2,1-2H3,(H,22,24)(H2,19,20,21). The Bertz CT molecular complexity index is 485. The second-order valence-electron chi connectivity index (χ2n) is 5.66. The van der Waals surface area contributed by atoms with Crippen LogP contribution in [0.15, 0.2) is 35.3 Å². The summed E-state index contributed by atoms with van der Waals surface area (Å²) in [7, 11) is 0. The first kappa shape index (κ1) is 20.0. The zero-order valence-corrected chi connectivity index (χ0v) is 14.7. The maximum Gasteiger partial charge on any atom is 0.246 e. The summed E-state index contributed by atoms with van der Waals surface area (Å²) in [6.07, 6.45) is 2.91. The van der Waals surface area contributed by atoms with E-state index in [1.807, 2.05) is 37.3 Å². The fourth-order valence-corrected chi connectivity index (χ4v) is 2.39. The monoisotopic (exact) mass is 334 g/mol. The molecule has 1 unspecified atom stereocenters. The number of carbonyl (C=O) groups excluding carboxylic acids is 1. The maximum atomic E-state index is 12.0. The number of aliphatic hydroxyl groups excluding tert-OH is 1. The normalized spacial score (nSPS) is 12.5. The summed E-state index contributed by atoms with van der Waals surface area (Å²) >= 11 is 0. The number of aliphatic imine (C=N–C) groups is 1. The van der Waals surface area contributed by atoms with Crippen LogP contribution in [-0.4, -0.2) is 43.2 Å². The van der Waals surface area contributed by atoms with Crippen molar-refractivity contribution in [2.24, 2.45) is 10.9 Å². The Morgan fingerprint density at radius 3 is 2.54 bits per heavy atom. The number of para-hydroxylation sites is 1. The van der Waals surface area contributed by atoms with Gasteiger partial charge in [-0.2, -0.15) is 0 Å². The minimum absolute atomic E-state index is 0.0582. The third-order valence-corrected chi connectivity index (χ3v) is 3.57. The number of rotatable bonds is 10. The SMILES string of the molecule is CCCC(CCO)CNC(=NCC(=O)Nc1ccccc1)NCC. The van der Waals surface area contributed by atoms with E-state index >= 15 is 0 Å². The minimum Gasteiger partial charge on any atom is -0.396 e. The van der Waals surface area contributed by atoms with Crippen LogP contribution in [0, 0.1) is 5.92 Å². The van der Waals surface area contributed by atoms with E-state index in [-0.39, 0.29) is 19.1 Å². The zero-order chi connectivity index (χ0) is 17.6. The summed E-state index contributed by atoms with van der Waals surface area (Å²) in [6, 6.07) is 9.34. The van der Waals surface area contributed by atoms with Gasteiger partial charge in [-0.1, -0.05) is 31.5 Å². The van der Waals surface area contributed by atoms with E-state index in [1.54, 1.807) is 0 Å². The van der Waals surface area contributed by atoms with Crippen LogP contribution in [0.25, 0.3) is 0 Å². The number of guanidine groups is 1. The predicted octanol–water partition coefficient (Wildman–Crippen LogP) is 1.98. The Balaban J connectivity index is 2.50. The average molecular weight is 334 g/mol. The third-order valence-electron chi connectivity index (χ3n) is 3.57. The smallest absolute Gasteiger partial charge is 0.246 e. The molecular weight excluding hydrogens is 304 g/mol. The molecule has 6 heteroatoms. The molecule has 0 aromatic heterocycles. The number of anilines is 1. The van der Waals surface area contributed by atoms with Crippen molar-refractivity contribution < 1.29 is 9.90 Å². The van der Waals surface area contributed by atoms with E-state index in [9.17, 15) is 4.79 Å². The van der Waals surface area contributed by atoms with Crippen molar-refractivity contribution in [3.05, 3.63) is 30.3 Å². The van der Waals surface area contributed by atoms with Crippen LogP contribution < -0.4 is 16.0 Å². The lowest BCUT2D eigenvalue weighted by atomic mass is 10.0. The summed E-state index contributed by atoms with van der Waals surface area (Å²) < 4.78 is 0. The van der Waals surface area contributed by atoms with Crippen molar-refractivity contribution in [1.82, 2.24) is 10.6 Å². The second-order valence-corrected chi connectivity index (χ2v) is 5.66. The van der Waals surface area contributed by atoms with E-state index in [2.05, 4.69) is 27.9 Å². The van der Waals surface area contributed by atoms with Crippen LogP contribution >= 0.6 is 0 Å². The van der Waals surface area contributed by atoms with Crippen LogP contribution in [-0.2, 0) is 4.79 Å². The van der Waals surface area contributed by atoms with E-state index in [1.165, 1.54) is 0 Å². The Morgan fingerprint density at radius 2 is 1.92 bits per heavy atom. The molecule has 0 aliphatic heterocycles. The number of hydrogen-bond acceptors (Lipinski definition) is 3. The molecule has 1 aromatic rings. The molecule has 1 amide bonds. The molecule has 6 nitrogen and oxygen atoms in total. The highest BCUT2D eigenvalue weighted by molar-refractivity contribution is 5.94. The maximum absolute atomic E-state index is 12.0. The quantitative estimate of drug-likeness (QED) is 0.389. The topological polar surface area (TPSA) is 85.8 Å². The van der Waals surface area contributed by atoms with Gasteiger partial charge in [0.15, 0.2) is 5.96 Å². The molecule has 24 heavy (non-hydrogen) atoms. The van der Waals surface area contributed by atoms with Gasteiger partial charge < -0.3 is 21.1 Å². The van der Waals surface area contributed by atoms with Crippen LogP contribution in [0.3, 0.4) is 0 Å². The lowest BCUT2D eigenvalue weighted by molar-refractivity contribution is -0.114. The van der Waals surface area contributed by atoms with Crippen LogP contribution in [0.2, 0.25) is 0 Å². The molecule has 0 heterocycles. The molecule has 0 saturated heterocycles. The van der Waals surface area contributed by atoms with Gasteiger partial charge >= 0.3 is 0 Å². The highest BCUT2D eigenvalue weighted by Crippen LogP contribution is 2.09. The highest BCUT2D eigenvalue weighted by atomic mass is 16.3. The fraction of sp³-hybridized carbons (Fsp3) is 0.556. The summed E-state index contributed by atoms with van der Waals surface area (Å²) in [5, 5.41) is 18.3. The van der Waals surface area contributed by atoms with Gasteiger partial charge in [-0.15, -0.1) is 0 Å². The molecule has 0 aliphatic rings. The first-order chi connectivity index (χ1) is 11.7. The Kier molecular flexibility index (Phi) is 10.3. The Hall–Kier alpha value is -2.08. The first-order valence-corrected chi connectivity index (χ1v) is 8.67. The molecule has 0 radical (unpaired) electrons. The van der Waals surface area contributed by atoms with Crippen molar-refractivity contribution in [1.29, 1.82) is 0 Å². The van der Waals surface area contributed by atoms with E-state index < -0.39 is 0 Å². The van der Waals surface area contributed by atoms with E-state index in [0.29, 0.717) is 11.9 Å². The van der Waals surface area contributed by atoms with Crippen molar-refractivity contribution in [3.8, 4) is 0 Å². The van der Waals surface area contributed by atoms with Crippen LogP contribution in [0.4, 0.5) is 5.69 Å². The molecule has 1 atom stereocenters. The number of benzene rings is 1. The Labute approximate surface area is 144 Å². The fourth-order valence-electron chi connectivity index (χ4n) is 2.39. The highest BCUT2D eigenvalue weighted by Gasteiger charge is 2.09. The molecule has 0 spiro atoms. The number of carbonyl (C=O) groups is 1. The molecule has 1 rings (SSSR count). The van der Waals surface area contributed by atoms with E-state index in [0.717, 1.165) is 38.0 Å². The third kappa shape index (κ3) is 8.53. The molecule has 0 fully saturated rings. The summed E-state index contributed by atoms with van der Waals surface area (Å²) in [5.41, 5.74) is 0.765. The van der Waals surface area contributed by atoms with Gasteiger partial charge in [0, 0.05) is 25.4 Å². The molecule has 1 aromatic carbocycles. The zero-order valence-electron chi connectivity index (χ0n) is 14.7.